The largest absolute Gasteiger partial charge is 0.411 e. The first-order chi connectivity index (χ1) is 17.8. The lowest BCUT2D eigenvalue weighted by Crippen LogP contribution is -2.58. The second-order valence-corrected chi connectivity index (χ2v) is 26.7. The van der Waals surface area contributed by atoms with Crippen molar-refractivity contribution in [3.05, 3.63) is 0 Å². The van der Waals surface area contributed by atoms with Crippen molar-refractivity contribution >= 4 is 39.2 Å². The van der Waals surface area contributed by atoms with Crippen LogP contribution in [0.1, 0.15) is 124 Å². The summed E-state index contributed by atoms with van der Waals surface area (Å²) in [6, 6.07) is 0. The second kappa shape index (κ2) is 15.6. The summed E-state index contributed by atoms with van der Waals surface area (Å²) in [5, 5.41) is 0. The Morgan fingerprint density at radius 2 is 1.13 bits per heavy atom. The van der Waals surface area contributed by atoms with Gasteiger partial charge in [0.2, 0.25) is 16.6 Å². The highest BCUT2D eigenvalue weighted by atomic mass is 127. The molecule has 7 heteroatoms. The zero-order valence-corrected chi connectivity index (χ0v) is 32.8. The normalized spacial score (nSPS) is 22.1. The predicted molar refractivity (Wildman–Crippen MR) is 183 cm³/mol. The van der Waals surface area contributed by atoms with Gasteiger partial charge in [-0.1, -0.05) is 120 Å². The highest BCUT2D eigenvalue weighted by molar-refractivity contribution is 14.1. The monoisotopic (exact) mass is 698 g/mol. The van der Waals surface area contributed by atoms with Gasteiger partial charge in [-0.05, 0) is 71.8 Å². The van der Waals surface area contributed by atoms with Crippen LogP contribution in [-0.2, 0) is 18.3 Å². The predicted octanol–water partition coefficient (Wildman–Crippen LogP) is 10.7. The number of hydrogen-bond donors (Lipinski definition) is 0. The van der Waals surface area contributed by atoms with Crippen LogP contribution in [0.5, 0.6) is 0 Å². The van der Waals surface area contributed by atoms with Gasteiger partial charge in [0.15, 0.2) is 5.79 Å². The molecule has 4 nitrogen and oxygen atoms in total. The number of ether oxygens (including phenoxy) is 2. The number of hydrogen-bond acceptors (Lipinski definition) is 4. The molecule has 0 spiro atoms. The van der Waals surface area contributed by atoms with Gasteiger partial charge in [-0.15, -0.1) is 0 Å². The summed E-state index contributed by atoms with van der Waals surface area (Å²) in [6.45, 7) is 38.4. The van der Waals surface area contributed by atoms with Crippen LogP contribution in [0.25, 0.3) is 0 Å². The van der Waals surface area contributed by atoms with Crippen molar-refractivity contribution < 1.29 is 18.3 Å². The van der Waals surface area contributed by atoms with Crippen molar-refractivity contribution in [3.8, 4) is 0 Å². The van der Waals surface area contributed by atoms with Crippen LogP contribution >= 0.6 is 22.6 Å². The Labute approximate surface area is 260 Å². The van der Waals surface area contributed by atoms with E-state index >= 15 is 0 Å². The van der Waals surface area contributed by atoms with Crippen LogP contribution in [-0.4, -0.2) is 51.8 Å². The lowest BCUT2D eigenvalue weighted by molar-refractivity contribution is -0.141. The quantitative estimate of drug-likeness (QED) is 0.0861. The molecule has 1 heterocycles. The van der Waals surface area contributed by atoms with Gasteiger partial charge in [-0.25, -0.2) is 0 Å². The first-order valence-corrected chi connectivity index (χ1v) is 21.8. The minimum atomic E-state index is -2.16. The van der Waals surface area contributed by atoms with E-state index in [1.54, 1.807) is 0 Å². The second-order valence-electron chi connectivity index (χ2n) is 15.0. The van der Waals surface area contributed by atoms with Gasteiger partial charge in [-0.2, -0.15) is 0 Å². The molecule has 234 valence electrons. The Bertz CT molecular complexity index is 667. The lowest BCUT2D eigenvalue weighted by Gasteiger charge is -2.51. The van der Waals surface area contributed by atoms with E-state index in [2.05, 4.69) is 120 Å². The molecule has 0 saturated carbocycles. The first kappa shape index (κ1) is 38.0. The van der Waals surface area contributed by atoms with E-state index in [1.807, 2.05) is 13.8 Å². The molecular formula is C32H67IO4Si2. The molecule has 0 aromatic rings. The van der Waals surface area contributed by atoms with Crippen molar-refractivity contribution in [1.82, 2.24) is 0 Å². The third kappa shape index (κ3) is 9.25. The molecule has 0 aromatic heterocycles. The molecule has 0 aromatic carbocycles. The summed E-state index contributed by atoms with van der Waals surface area (Å²) in [6.07, 6.45) is 2.21. The summed E-state index contributed by atoms with van der Waals surface area (Å²) in [4.78, 5) is 0. The summed E-state index contributed by atoms with van der Waals surface area (Å²) in [5.74, 6) is 0.374. The van der Waals surface area contributed by atoms with Gasteiger partial charge < -0.3 is 18.3 Å². The smallest absolute Gasteiger partial charge is 0.200 e. The zero-order valence-electron chi connectivity index (χ0n) is 28.7. The fourth-order valence-electron chi connectivity index (χ4n) is 8.01. The van der Waals surface area contributed by atoms with Crippen molar-refractivity contribution in [2.45, 2.75) is 181 Å². The molecule has 1 saturated heterocycles. The van der Waals surface area contributed by atoms with Crippen LogP contribution in [0.4, 0.5) is 0 Å². The minimum Gasteiger partial charge on any atom is -0.411 e. The van der Waals surface area contributed by atoms with Crippen molar-refractivity contribution in [2.75, 3.05) is 11.0 Å². The van der Waals surface area contributed by atoms with Crippen molar-refractivity contribution in [3.63, 3.8) is 0 Å². The molecular weight excluding hydrogens is 631 g/mol. The van der Waals surface area contributed by atoms with Crippen LogP contribution in [0.3, 0.4) is 0 Å². The molecule has 0 radical (unpaired) electrons. The topological polar surface area (TPSA) is 36.9 Å². The number of halogens is 1. The fraction of sp³-hybridized carbons (Fsp3) is 1.00. The standard InChI is InChI=1S/C32H67IO4Si2/c1-21(2)38(22(3)4,23(5)6)36-30(17-27(13)19-33)31(28(14)18-29-20-34-32(15,16)35-29)37-39(24(7)8,25(9)10)26(11)12/h21-31H,17-20H2,1-16H3/t27-,28-,29+,30-,31-/m0/s1. The van der Waals surface area contributed by atoms with Gasteiger partial charge >= 0.3 is 0 Å². The Hall–Kier alpha value is 1.00. The van der Waals surface area contributed by atoms with Crippen molar-refractivity contribution in [2.24, 2.45) is 11.8 Å². The third-order valence-electron chi connectivity index (χ3n) is 9.64. The molecule has 0 amide bonds. The highest BCUT2D eigenvalue weighted by Gasteiger charge is 2.52. The van der Waals surface area contributed by atoms with Crippen LogP contribution in [0.15, 0.2) is 0 Å². The molecule has 5 atom stereocenters. The SMILES string of the molecule is CC(C)[Si](O[C@H]([C@H](C[C@H](C)CI)O[Si](C(C)C)(C(C)C)C(C)C)[C@@H](C)C[C@@H]1COC(C)(C)O1)(C(C)C)C(C)C. The van der Waals surface area contributed by atoms with Crippen LogP contribution in [0.2, 0.25) is 33.2 Å². The van der Waals surface area contributed by atoms with E-state index in [0.29, 0.717) is 51.7 Å². The first-order valence-electron chi connectivity index (χ1n) is 16.0. The van der Waals surface area contributed by atoms with E-state index in [4.69, 9.17) is 18.3 Å². The Kier molecular flexibility index (Phi) is 15.3. The van der Waals surface area contributed by atoms with E-state index < -0.39 is 22.4 Å². The summed E-state index contributed by atoms with van der Waals surface area (Å²) >= 11 is 2.56. The number of alkyl halides is 1. The van der Waals surface area contributed by atoms with Gasteiger partial charge in [0.25, 0.3) is 0 Å². The zero-order chi connectivity index (χ0) is 30.5. The Balaban J connectivity index is 3.72. The molecule has 1 rings (SSSR count). The molecule has 39 heavy (non-hydrogen) atoms. The molecule has 1 aliphatic heterocycles. The molecule has 0 bridgehead atoms. The van der Waals surface area contributed by atoms with Crippen molar-refractivity contribution in [1.29, 1.82) is 0 Å². The van der Waals surface area contributed by atoms with Crippen LogP contribution < -0.4 is 0 Å². The van der Waals surface area contributed by atoms with E-state index in [0.717, 1.165) is 17.3 Å². The van der Waals surface area contributed by atoms with E-state index in [1.165, 1.54) is 0 Å². The van der Waals surface area contributed by atoms with Crippen LogP contribution in [0, 0.1) is 11.8 Å². The summed E-state index contributed by atoms with van der Waals surface area (Å²) in [5.41, 5.74) is 3.22. The lowest BCUT2D eigenvalue weighted by atomic mass is 9.90. The average Bonchev–Trinajstić information content (AvgIpc) is 3.13. The highest BCUT2D eigenvalue weighted by Crippen LogP contribution is 2.48. The molecule has 1 fully saturated rings. The fourth-order valence-corrected chi connectivity index (χ4v) is 19.6. The maximum Gasteiger partial charge on any atom is 0.200 e. The van der Waals surface area contributed by atoms with E-state index in [9.17, 15) is 0 Å². The van der Waals surface area contributed by atoms with Gasteiger partial charge in [-0.3, -0.25) is 0 Å². The summed E-state index contributed by atoms with van der Waals surface area (Å²) in [7, 11) is -4.28. The molecule has 1 aliphatic rings. The minimum absolute atomic E-state index is 0.0460. The molecule has 0 unspecified atom stereocenters. The number of rotatable bonds is 17. The average molecular weight is 699 g/mol. The Morgan fingerprint density at radius 1 is 0.718 bits per heavy atom. The maximum absolute atomic E-state index is 7.78. The van der Waals surface area contributed by atoms with E-state index in [-0.39, 0.29) is 18.3 Å². The Morgan fingerprint density at radius 3 is 1.46 bits per heavy atom. The van der Waals surface area contributed by atoms with Gasteiger partial charge in [0.05, 0.1) is 24.9 Å². The van der Waals surface area contributed by atoms with Gasteiger partial charge in [0.1, 0.15) is 0 Å². The molecule has 0 aliphatic carbocycles. The third-order valence-corrected chi connectivity index (χ3v) is 23.4. The van der Waals surface area contributed by atoms with Gasteiger partial charge in [0, 0.05) is 4.43 Å². The maximum atomic E-state index is 7.78. The summed E-state index contributed by atoms with van der Waals surface area (Å²) < 4.78 is 29.0. The molecule has 0 N–H and O–H groups in total.